The van der Waals surface area contributed by atoms with E-state index in [1.807, 2.05) is 91.0 Å². The first-order chi connectivity index (χ1) is 25.2. The van der Waals surface area contributed by atoms with Gasteiger partial charge in [-0.15, -0.1) is 0 Å². The summed E-state index contributed by atoms with van der Waals surface area (Å²) in [6.07, 6.45) is -9.18. The van der Waals surface area contributed by atoms with Crippen molar-refractivity contribution in [3.8, 4) is 0 Å². The first-order valence-electron chi connectivity index (χ1n) is 17.1. The maximum absolute atomic E-state index is 12.4. The van der Waals surface area contributed by atoms with E-state index in [4.69, 9.17) is 47.4 Å². The van der Waals surface area contributed by atoms with Crippen molar-refractivity contribution in [1.29, 1.82) is 0 Å². The summed E-state index contributed by atoms with van der Waals surface area (Å²) in [7, 11) is 1.51. The number of benzene rings is 3. The molecule has 5 rings (SSSR count). The van der Waals surface area contributed by atoms with E-state index >= 15 is 0 Å². The molecule has 13 nitrogen and oxygen atoms in total. The lowest BCUT2D eigenvalue weighted by Gasteiger charge is -2.46. The van der Waals surface area contributed by atoms with Crippen LogP contribution < -0.4 is 0 Å². The SMILES string of the molecule is CO[C@H]1OC(COCc2ccccc2)[C@@H](O[C@@H]2O[C@H](COC(C)=O)C(OC(C)=O)C2OC(C)=O)C(OCc2ccccc2)C1OCc1ccccc1. The van der Waals surface area contributed by atoms with Gasteiger partial charge in [-0.05, 0) is 16.7 Å². The molecule has 2 heterocycles. The molecule has 0 radical (unpaired) electrons. The van der Waals surface area contributed by atoms with Crippen molar-refractivity contribution in [2.45, 2.75) is 95.9 Å². The molecule has 0 bridgehead atoms. The minimum Gasteiger partial charge on any atom is -0.463 e. The van der Waals surface area contributed by atoms with Crippen molar-refractivity contribution in [3.05, 3.63) is 108 Å². The van der Waals surface area contributed by atoms with Gasteiger partial charge in [-0.1, -0.05) is 91.0 Å². The predicted octanol–water partition coefficient (Wildman–Crippen LogP) is 4.28. The summed E-state index contributed by atoms with van der Waals surface area (Å²) < 4.78 is 61.0. The lowest BCUT2D eigenvalue weighted by molar-refractivity contribution is -0.342. The second-order valence-corrected chi connectivity index (χ2v) is 12.4. The van der Waals surface area contributed by atoms with Crippen LogP contribution in [0.5, 0.6) is 0 Å². The summed E-state index contributed by atoms with van der Waals surface area (Å²) in [5.74, 6) is -1.90. The van der Waals surface area contributed by atoms with Crippen LogP contribution in [0.2, 0.25) is 0 Å². The first kappa shape index (κ1) is 39.0. The molecular weight excluding hydrogens is 676 g/mol. The second kappa shape index (κ2) is 19.6. The van der Waals surface area contributed by atoms with Crippen LogP contribution in [0.15, 0.2) is 91.0 Å². The summed E-state index contributed by atoms with van der Waals surface area (Å²) >= 11 is 0. The van der Waals surface area contributed by atoms with E-state index in [1.165, 1.54) is 27.9 Å². The number of hydrogen-bond acceptors (Lipinski definition) is 13. The molecule has 0 aliphatic carbocycles. The molecule has 3 aromatic rings. The average molecular weight is 723 g/mol. The third-order valence-corrected chi connectivity index (χ3v) is 8.40. The lowest BCUT2D eigenvalue weighted by atomic mass is 9.97. The topological polar surface area (TPSA) is 144 Å². The molecule has 0 saturated carbocycles. The fraction of sp³-hybridized carbons (Fsp3) is 0.462. The Labute approximate surface area is 303 Å². The highest BCUT2D eigenvalue weighted by molar-refractivity contribution is 5.68. The van der Waals surface area contributed by atoms with Gasteiger partial charge >= 0.3 is 17.9 Å². The molecule has 0 amide bonds. The van der Waals surface area contributed by atoms with Crippen molar-refractivity contribution < 1.29 is 61.8 Å². The van der Waals surface area contributed by atoms with Gasteiger partial charge in [-0.2, -0.15) is 0 Å². The van der Waals surface area contributed by atoms with Crippen LogP contribution in [0, 0.1) is 0 Å². The Morgan fingerprint density at radius 1 is 0.538 bits per heavy atom. The van der Waals surface area contributed by atoms with Crippen molar-refractivity contribution >= 4 is 17.9 Å². The van der Waals surface area contributed by atoms with Crippen molar-refractivity contribution in [2.75, 3.05) is 20.3 Å². The zero-order valence-corrected chi connectivity index (χ0v) is 29.7. The Kier molecular flexibility index (Phi) is 14.7. The number of carbonyl (C=O) groups excluding carboxylic acids is 3. The molecule has 280 valence electrons. The molecule has 5 unspecified atom stereocenters. The Morgan fingerprint density at radius 2 is 1.02 bits per heavy atom. The fourth-order valence-corrected chi connectivity index (χ4v) is 6.07. The molecule has 2 fully saturated rings. The molecule has 9 atom stereocenters. The summed E-state index contributed by atoms with van der Waals surface area (Å²) in [5.41, 5.74) is 2.76. The van der Waals surface area contributed by atoms with Gasteiger partial charge in [-0.25, -0.2) is 0 Å². The second-order valence-electron chi connectivity index (χ2n) is 12.4. The summed E-state index contributed by atoms with van der Waals surface area (Å²) in [6.45, 7) is 4.07. The number of ether oxygens (including phenoxy) is 10. The smallest absolute Gasteiger partial charge is 0.303 e. The summed E-state index contributed by atoms with van der Waals surface area (Å²) in [4.78, 5) is 36.4. The number of methoxy groups -OCH3 is 1. The van der Waals surface area contributed by atoms with E-state index in [0.717, 1.165) is 16.7 Å². The van der Waals surface area contributed by atoms with Gasteiger partial charge in [0.1, 0.15) is 37.1 Å². The molecule has 2 saturated heterocycles. The van der Waals surface area contributed by atoms with E-state index < -0.39 is 73.2 Å². The normalized spacial score (nSPS) is 27.1. The lowest BCUT2D eigenvalue weighted by Crippen LogP contribution is -2.62. The van der Waals surface area contributed by atoms with Crippen LogP contribution in [0.4, 0.5) is 0 Å². The van der Waals surface area contributed by atoms with Crippen LogP contribution in [-0.2, 0) is 81.6 Å². The first-order valence-corrected chi connectivity index (χ1v) is 17.1. The van der Waals surface area contributed by atoms with Crippen molar-refractivity contribution in [2.24, 2.45) is 0 Å². The molecule has 2 aliphatic rings. The van der Waals surface area contributed by atoms with Gasteiger partial charge in [0, 0.05) is 27.9 Å². The van der Waals surface area contributed by atoms with Gasteiger partial charge in [-0.3, -0.25) is 14.4 Å². The summed E-state index contributed by atoms with van der Waals surface area (Å²) in [6, 6.07) is 28.9. The van der Waals surface area contributed by atoms with Crippen LogP contribution in [-0.4, -0.2) is 93.5 Å². The quantitative estimate of drug-likeness (QED) is 0.145. The number of carbonyl (C=O) groups is 3. The molecule has 3 aromatic carbocycles. The number of hydrogen-bond donors (Lipinski definition) is 0. The maximum Gasteiger partial charge on any atom is 0.303 e. The third-order valence-electron chi connectivity index (χ3n) is 8.40. The standard InChI is InChI=1S/C39H46O13/c1-25(40)45-24-32-34(48-26(2)41)37(49-27(3)42)39(51-32)52-33-31(23-44-20-28-14-8-5-9-15-28)50-38(43-4)36(47-22-30-18-12-7-13-19-30)35(33)46-21-29-16-10-6-11-17-29/h5-19,31-39H,20-24H2,1-4H3/t31?,32-,33-,34?,35?,36?,37?,38+,39+/m1/s1. The van der Waals surface area contributed by atoms with E-state index in [1.54, 1.807) is 0 Å². The Balaban J connectivity index is 1.49. The Hall–Kier alpha value is -4.21. The Morgan fingerprint density at radius 3 is 1.54 bits per heavy atom. The molecular formula is C39H46O13. The third kappa shape index (κ3) is 11.1. The molecule has 2 aliphatic heterocycles. The molecule has 52 heavy (non-hydrogen) atoms. The number of esters is 3. The van der Waals surface area contributed by atoms with Gasteiger partial charge in [0.2, 0.25) is 0 Å². The van der Waals surface area contributed by atoms with E-state index in [0.29, 0.717) is 0 Å². The van der Waals surface area contributed by atoms with Crippen LogP contribution in [0.25, 0.3) is 0 Å². The summed E-state index contributed by atoms with van der Waals surface area (Å²) in [5, 5.41) is 0. The van der Waals surface area contributed by atoms with Gasteiger partial charge in [0.25, 0.3) is 0 Å². The van der Waals surface area contributed by atoms with Crippen LogP contribution >= 0.6 is 0 Å². The minimum atomic E-state index is -1.32. The monoisotopic (exact) mass is 722 g/mol. The highest BCUT2D eigenvalue weighted by atomic mass is 16.8. The Bertz CT molecular complexity index is 1540. The molecule has 0 N–H and O–H groups in total. The van der Waals surface area contributed by atoms with Crippen LogP contribution in [0.3, 0.4) is 0 Å². The molecule has 13 heteroatoms. The number of rotatable bonds is 17. The van der Waals surface area contributed by atoms with E-state index in [2.05, 4.69) is 0 Å². The molecule has 0 spiro atoms. The molecule has 0 aromatic heterocycles. The largest absolute Gasteiger partial charge is 0.463 e. The fourth-order valence-electron chi connectivity index (χ4n) is 6.07. The van der Waals surface area contributed by atoms with E-state index in [9.17, 15) is 14.4 Å². The highest BCUT2D eigenvalue weighted by Gasteiger charge is 2.55. The van der Waals surface area contributed by atoms with Crippen molar-refractivity contribution in [3.63, 3.8) is 0 Å². The average Bonchev–Trinajstić information content (AvgIpc) is 3.44. The van der Waals surface area contributed by atoms with E-state index in [-0.39, 0.29) is 33.0 Å². The minimum absolute atomic E-state index is 0.0330. The van der Waals surface area contributed by atoms with Gasteiger partial charge in [0.05, 0.1) is 26.4 Å². The zero-order chi connectivity index (χ0) is 36.9. The zero-order valence-electron chi connectivity index (χ0n) is 29.7. The van der Waals surface area contributed by atoms with Crippen LogP contribution in [0.1, 0.15) is 37.5 Å². The van der Waals surface area contributed by atoms with Gasteiger partial charge in [0.15, 0.2) is 24.8 Å². The highest BCUT2D eigenvalue weighted by Crippen LogP contribution is 2.35. The van der Waals surface area contributed by atoms with Gasteiger partial charge < -0.3 is 47.4 Å². The predicted molar refractivity (Wildman–Crippen MR) is 183 cm³/mol. The maximum atomic E-state index is 12.4. The van der Waals surface area contributed by atoms with Crippen molar-refractivity contribution in [1.82, 2.24) is 0 Å².